The Morgan fingerprint density at radius 2 is 0.549 bits per heavy atom. The van der Waals surface area contributed by atoms with Crippen molar-refractivity contribution in [3.05, 3.63) is 36.5 Å². The maximum atomic E-state index is 12.6. The second-order valence-corrected chi connectivity index (χ2v) is 28.8. The summed E-state index contributed by atoms with van der Waals surface area (Å²) in [4.78, 5) is 24.7. The molecule has 0 spiro atoms. The Kier molecular flexibility index (Phi) is 78.8. The van der Waals surface area contributed by atoms with E-state index in [1.54, 1.807) is 0 Å². The molecule has 0 aliphatic carbocycles. The Balaban J connectivity index is 3.33. The predicted molar refractivity (Wildman–Crippen MR) is 403 cm³/mol. The van der Waals surface area contributed by atoms with Crippen LogP contribution in [-0.4, -0.2) is 47.4 Å². The normalized spacial score (nSPS) is 12.6. The first kappa shape index (κ1) is 89.1. The summed E-state index contributed by atoms with van der Waals surface area (Å²) in [6, 6.07) is -0.539. The van der Waals surface area contributed by atoms with Gasteiger partial charge in [0.1, 0.15) is 0 Å². The molecule has 538 valence electrons. The average molecular weight is 1280 g/mol. The lowest BCUT2D eigenvalue weighted by Gasteiger charge is -2.22. The summed E-state index contributed by atoms with van der Waals surface area (Å²) < 4.78 is 5.51. The van der Waals surface area contributed by atoms with Crippen molar-refractivity contribution >= 4 is 11.9 Å². The third-order valence-electron chi connectivity index (χ3n) is 19.7. The molecule has 0 aliphatic heterocycles. The van der Waals surface area contributed by atoms with Crippen molar-refractivity contribution in [2.75, 3.05) is 13.2 Å². The van der Waals surface area contributed by atoms with Crippen LogP contribution in [0.5, 0.6) is 0 Å². The monoisotopic (exact) mass is 1280 g/mol. The van der Waals surface area contributed by atoms with Gasteiger partial charge in [-0.25, -0.2) is 0 Å². The van der Waals surface area contributed by atoms with Gasteiger partial charge in [0.2, 0.25) is 5.91 Å². The molecule has 91 heavy (non-hydrogen) atoms. The number of esters is 1. The molecule has 0 aromatic carbocycles. The number of hydrogen-bond donors (Lipinski definition) is 3. The number of nitrogens with one attached hydrogen (secondary N) is 1. The Bertz CT molecular complexity index is 1470. The maximum absolute atomic E-state index is 12.6. The molecule has 2 unspecified atom stereocenters. The van der Waals surface area contributed by atoms with E-state index in [0.29, 0.717) is 25.9 Å². The van der Waals surface area contributed by atoms with E-state index < -0.39 is 12.1 Å². The number of carbonyl (C=O) groups is 2. The number of unbranched alkanes of at least 4 members (excludes halogenated alkanes) is 62. The highest BCUT2D eigenvalue weighted by Crippen LogP contribution is 2.20. The summed E-state index contributed by atoms with van der Waals surface area (Å²) in [6.07, 6.45) is 105. The molecule has 0 aromatic heterocycles. The zero-order chi connectivity index (χ0) is 65.6. The number of ether oxygens (including phenoxy) is 1. The summed E-state index contributed by atoms with van der Waals surface area (Å²) >= 11 is 0. The standard InChI is InChI=1S/C85H163NO5/c1-3-5-7-9-11-13-15-17-19-21-22-42-46-49-53-57-61-65-69-73-77-83(88)82(81-87)86-84(89)78-74-70-66-62-58-54-50-47-43-40-38-36-34-32-30-28-26-24-23-25-27-29-31-33-35-37-39-41-44-48-52-56-60-64-68-72-76-80-91-85(90)79-75-71-67-63-59-55-51-45-20-18-16-14-12-10-8-6-4-2/h12,14,18,20,23,25,82-83,87-88H,3-11,13,15-17,19,21-22,24,26-81H2,1-2H3,(H,86,89)/b14-12-,20-18-,25-23-. The van der Waals surface area contributed by atoms with Crippen LogP contribution in [0.3, 0.4) is 0 Å². The molecule has 0 radical (unpaired) electrons. The molecule has 0 saturated carbocycles. The van der Waals surface area contributed by atoms with Gasteiger partial charge >= 0.3 is 5.97 Å². The van der Waals surface area contributed by atoms with Crippen LogP contribution < -0.4 is 5.32 Å². The van der Waals surface area contributed by atoms with E-state index in [1.807, 2.05) is 0 Å². The van der Waals surface area contributed by atoms with Gasteiger partial charge in [-0.15, -0.1) is 0 Å². The summed E-state index contributed by atoms with van der Waals surface area (Å²) in [5.74, 6) is -0.0115. The molecule has 1 amide bonds. The third-order valence-corrected chi connectivity index (χ3v) is 19.7. The summed E-state index contributed by atoms with van der Waals surface area (Å²) in [7, 11) is 0. The Morgan fingerprint density at radius 3 is 0.868 bits per heavy atom. The average Bonchev–Trinajstić information content (AvgIpc) is 3.65. The first-order valence-corrected chi connectivity index (χ1v) is 41.7. The number of amides is 1. The first-order valence-electron chi connectivity index (χ1n) is 41.7. The highest BCUT2D eigenvalue weighted by molar-refractivity contribution is 5.76. The highest BCUT2D eigenvalue weighted by Gasteiger charge is 2.20. The predicted octanol–water partition coefficient (Wildman–Crippen LogP) is 27.8. The molecule has 0 rings (SSSR count). The van der Waals surface area contributed by atoms with E-state index in [-0.39, 0.29) is 18.5 Å². The molecule has 0 heterocycles. The Hall–Kier alpha value is -1.92. The zero-order valence-electron chi connectivity index (χ0n) is 61.9. The minimum absolute atomic E-state index is 0.0144. The second kappa shape index (κ2) is 80.5. The fourth-order valence-corrected chi connectivity index (χ4v) is 13.3. The molecular formula is C85H163NO5. The molecule has 0 bridgehead atoms. The second-order valence-electron chi connectivity index (χ2n) is 28.8. The lowest BCUT2D eigenvalue weighted by Crippen LogP contribution is -2.45. The van der Waals surface area contributed by atoms with Crippen molar-refractivity contribution < 1.29 is 24.5 Å². The van der Waals surface area contributed by atoms with E-state index in [1.165, 1.54) is 385 Å². The number of carbonyl (C=O) groups excluding carboxylic acids is 2. The molecule has 0 fully saturated rings. The van der Waals surface area contributed by atoms with Gasteiger partial charge < -0.3 is 20.3 Å². The van der Waals surface area contributed by atoms with Crippen LogP contribution in [0.15, 0.2) is 36.5 Å². The summed E-state index contributed by atoms with van der Waals surface area (Å²) in [6.45, 7) is 4.98. The molecule has 6 nitrogen and oxygen atoms in total. The van der Waals surface area contributed by atoms with Crippen molar-refractivity contribution in [3.8, 4) is 0 Å². The number of rotatable bonds is 79. The molecular weight excluding hydrogens is 1110 g/mol. The van der Waals surface area contributed by atoms with Crippen LogP contribution in [0.2, 0.25) is 0 Å². The lowest BCUT2D eigenvalue weighted by molar-refractivity contribution is -0.143. The highest BCUT2D eigenvalue weighted by atomic mass is 16.5. The maximum Gasteiger partial charge on any atom is 0.305 e. The van der Waals surface area contributed by atoms with Crippen LogP contribution in [0.1, 0.15) is 470 Å². The first-order chi connectivity index (χ1) is 45.0. The van der Waals surface area contributed by atoms with E-state index in [9.17, 15) is 19.8 Å². The number of hydrogen-bond acceptors (Lipinski definition) is 5. The van der Waals surface area contributed by atoms with Gasteiger partial charge in [0.25, 0.3) is 0 Å². The van der Waals surface area contributed by atoms with Gasteiger partial charge in [-0.05, 0) is 83.5 Å². The van der Waals surface area contributed by atoms with Gasteiger partial charge in [-0.3, -0.25) is 9.59 Å². The van der Waals surface area contributed by atoms with Crippen LogP contribution in [0, 0.1) is 0 Å². The van der Waals surface area contributed by atoms with E-state index >= 15 is 0 Å². The summed E-state index contributed by atoms with van der Waals surface area (Å²) in [5, 5.41) is 23.5. The fraction of sp³-hybridized carbons (Fsp3) is 0.906. The van der Waals surface area contributed by atoms with Crippen LogP contribution >= 0.6 is 0 Å². The van der Waals surface area contributed by atoms with Crippen LogP contribution in [-0.2, 0) is 14.3 Å². The molecule has 0 aromatic rings. The van der Waals surface area contributed by atoms with Crippen molar-refractivity contribution in [2.45, 2.75) is 482 Å². The van der Waals surface area contributed by atoms with Crippen molar-refractivity contribution in [2.24, 2.45) is 0 Å². The topological polar surface area (TPSA) is 95.9 Å². The van der Waals surface area contributed by atoms with E-state index in [4.69, 9.17) is 4.74 Å². The number of allylic oxidation sites excluding steroid dienone is 6. The summed E-state index contributed by atoms with van der Waals surface area (Å²) in [5.41, 5.74) is 0. The van der Waals surface area contributed by atoms with Crippen LogP contribution in [0.4, 0.5) is 0 Å². The van der Waals surface area contributed by atoms with Gasteiger partial charge in [0, 0.05) is 12.8 Å². The Morgan fingerprint density at radius 1 is 0.308 bits per heavy atom. The molecule has 6 heteroatoms. The lowest BCUT2D eigenvalue weighted by atomic mass is 10.0. The largest absolute Gasteiger partial charge is 0.466 e. The molecule has 3 N–H and O–H groups in total. The van der Waals surface area contributed by atoms with Crippen molar-refractivity contribution in [1.82, 2.24) is 5.32 Å². The number of aliphatic hydroxyl groups is 2. The molecule has 2 atom stereocenters. The van der Waals surface area contributed by atoms with E-state index in [2.05, 4.69) is 55.6 Å². The fourth-order valence-electron chi connectivity index (χ4n) is 13.3. The van der Waals surface area contributed by atoms with Crippen molar-refractivity contribution in [3.63, 3.8) is 0 Å². The van der Waals surface area contributed by atoms with Gasteiger partial charge in [0.05, 0.1) is 25.4 Å². The van der Waals surface area contributed by atoms with Crippen molar-refractivity contribution in [1.29, 1.82) is 0 Å². The number of aliphatic hydroxyl groups excluding tert-OH is 2. The van der Waals surface area contributed by atoms with Gasteiger partial charge in [0.15, 0.2) is 0 Å². The quantitative estimate of drug-likeness (QED) is 0.0320. The molecule has 0 aliphatic rings. The molecule has 0 saturated heterocycles. The third kappa shape index (κ3) is 77.0. The van der Waals surface area contributed by atoms with Gasteiger partial charge in [-0.1, -0.05) is 410 Å². The Labute approximate surface area is 570 Å². The SMILES string of the molecule is CCCCC/C=C\C/C=C\CCCCCCCCCC(=O)OCCCCCCCCCCCCCCCCCC/C=C\CCCCCCCCCCCCCCCCCCCC(=O)NC(CO)C(O)CCCCCCCCCCCCCCCCCCCCCC. The minimum Gasteiger partial charge on any atom is -0.466 e. The zero-order valence-corrected chi connectivity index (χ0v) is 61.9. The van der Waals surface area contributed by atoms with Gasteiger partial charge in [-0.2, -0.15) is 0 Å². The van der Waals surface area contributed by atoms with Crippen LogP contribution in [0.25, 0.3) is 0 Å². The smallest absolute Gasteiger partial charge is 0.305 e. The minimum atomic E-state index is -0.662. The van der Waals surface area contributed by atoms with E-state index in [0.717, 1.165) is 51.4 Å².